The standard InChI is InChI=1S/C12H17N3O/c1-12(2,13)11(16)15-7-5-10-9(8-15)4-3-6-14-10/h3-4,6H,5,7-8,13H2,1-2H3. The lowest BCUT2D eigenvalue weighted by molar-refractivity contribution is -0.136. The molecule has 1 amide bonds. The molecule has 0 aromatic carbocycles. The van der Waals surface area contributed by atoms with Crippen molar-refractivity contribution < 1.29 is 4.79 Å². The summed E-state index contributed by atoms with van der Waals surface area (Å²) < 4.78 is 0. The van der Waals surface area contributed by atoms with Gasteiger partial charge in [0.2, 0.25) is 5.91 Å². The third kappa shape index (κ3) is 2.07. The maximum Gasteiger partial charge on any atom is 0.242 e. The van der Waals surface area contributed by atoms with Gasteiger partial charge >= 0.3 is 0 Å². The van der Waals surface area contributed by atoms with E-state index in [1.807, 2.05) is 17.0 Å². The molecule has 1 aromatic rings. The second kappa shape index (κ2) is 3.87. The molecule has 0 spiro atoms. The van der Waals surface area contributed by atoms with Crippen molar-refractivity contribution in [1.82, 2.24) is 9.88 Å². The molecule has 0 atom stereocenters. The Kier molecular flexibility index (Phi) is 2.68. The molecule has 0 saturated carbocycles. The van der Waals surface area contributed by atoms with Gasteiger partial charge in [0.15, 0.2) is 0 Å². The second-order valence-corrected chi connectivity index (χ2v) is 4.81. The molecular formula is C12H17N3O. The summed E-state index contributed by atoms with van der Waals surface area (Å²) >= 11 is 0. The van der Waals surface area contributed by atoms with E-state index in [1.165, 1.54) is 0 Å². The summed E-state index contributed by atoms with van der Waals surface area (Å²) in [4.78, 5) is 18.1. The fourth-order valence-corrected chi connectivity index (χ4v) is 1.95. The molecule has 1 aliphatic rings. The van der Waals surface area contributed by atoms with E-state index in [-0.39, 0.29) is 5.91 Å². The zero-order valence-electron chi connectivity index (χ0n) is 9.73. The Morgan fingerprint density at radius 2 is 2.31 bits per heavy atom. The van der Waals surface area contributed by atoms with Gasteiger partial charge < -0.3 is 10.6 Å². The number of nitrogens with two attached hydrogens (primary N) is 1. The molecule has 0 unspecified atom stereocenters. The molecule has 0 fully saturated rings. The molecule has 2 rings (SSSR count). The van der Waals surface area contributed by atoms with Crippen molar-refractivity contribution in [1.29, 1.82) is 0 Å². The van der Waals surface area contributed by atoms with Crippen molar-refractivity contribution in [3.05, 3.63) is 29.6 Å². The average Bonchev–Trinajstić information content (AvgIpc) is 2.26. The molecule has 0 aliphatic carbocycles. The van der Waals surface area contributed by atoms with Gasteiger partial charge in [-0.15, -0.1) is 0 Å². The van der Waals surface area contributed by atoms with Gasteiger partial charge in [0.25, 0.3) is 0 Å². The zero-order valence-corrected chi connectivity index (χ0v) is 9.73. The SMILES string of the molecule is CC(C)(N)C(=O)N1CCc2ncccc2C1. The molecule has 86 valence electrons. The molecule has 1 aliphatic heterocycles. The minimum atomic E-state index is -0.792. The quantitative estimate of drug-likeness (QED) is 0.756. The summed E-state index contributed by atoms with van der Waals surface area (Å²) in [5.74, 6) is 0.00185. The highest BCUT2D eigenvalue weighted by atomic mass is 16.2. The number of carbonyl (C=O) groups is 1. The normalized spacial score (nSPS) is 15.8. The van der Waals surface area contributed by atoms with Gasteiger partial charge in [-0.05, 0) is 25.5 Å². The average molecular weight is 219 g/mol. The minimum Gasteiger partial charge on any atom is -0.336 e. The van der Waals surface area contributed by atoms with E-state index >= 15 is 0 Å². The van der Waals surface area contributed by atoms with E-state index in [4.69, 9.17) is 5.73 Å². The first-order chi connectivity index (χ1) is 7.48. The van der Waals surface area contributed by atoms with Crippen LogP contribution < -0.4 is 5.73 Å². The number of nitrogens with zero attached hydrogens (tertiary/aromatic N) is 2. The lowest BCUT2D eigenvalue weighted by atomic mass is 10.0. The molecule has 16 heavy (non-hydrogen) atoms. The van der Waals surface area contributed by atoms with Crippen molar-refractivity contribution in [2.45, 2.75) is 32.4 Å². The van der Waals surface area contributed by atoms with Gasteiger partial charge in [0.1, 0.15) is 0 Å². The Morgan fingerprint density at radius 3 is 3.00 bits per heavy atom. The summed E-state index contributed by atoms with van der Waals surface area (Å²) in [5.41, 5.74) is 7.26. The second-order valence-electron chi connectivity index (χ2n) is 4.81. The zero-order chi connectivity index (χ0) is 11.8. The summed E-state index contributed by atoms with van der Waals surface area (Å²) in [6, 6.07) is 3.92. The maximum absolute atomic E-state index is 12.0. The summed E-state index contributed by atoms with van der Waals surface area (Å²) in [7, 11) is 0. The molecule has 2 N–H and O–H groups in total. The van der Waals surface area contributed by atoms with Crippen LogP contribution in [0.2, 0.25) is 0 Å². The molecule has 0 bridgehead atoms. The Bertz CT molecular complexity index is 409. The van der Waals surface area contributed by atoms with Crippen LogP contribution in [0, 0.1) is 0 Å². The van der Waals surface area contributed by atoms with E-state index in [9.17, 15) is 4.79 Å². The minimum absolute atomic E-state index is 0.00185. The third-order valence-corrected chi connectivity index (χ3v) is 2.80. The van der Waals surface area contributed by atoms with Crippen LogP contribution in [0.5, 0.6) is 0 Å². The Hall–Kier alpha value is -1.42. The first kappa shape index (κ1) is 11.1. The molecular weight excluding hydrogens is 202 g/mol. The number of aromatic nitrogens is 1. The molecule has 0 saturated heterocycles. The van der Waals surface area contributed by atoms with Gasteiger partial charge in [-0.25, -0.2) is 0 Å². The van der Waals surface area contributed by atoms with Crippen molar-refractivity contribution in [3.8, 4) is 0 Å². The number of hydrogen-bond donors (Lipinski definition) is 1. The highest BCUT2D eigenvalue weighted by molar-refractivity contribution is 5.85. The van der Waals surface area contributed by atoms with Crippen LogP contribution in [0.15, 0.2) is 18.3 Å². The predicted molar refractivity (Wildman–Crippen MR) is 61.6 cm³/mol. The topological polar surface area (TPSA) is 59.2 Å². The van der Waals surface area contributed by atoms with E-state index in [0.29, 0.717) is 13.1 Å². The number of rotatable bonds is 1. The van der Waals surface area contributed by atoms with Crippen molar-refractivity contribution >= 4 is 5.91 Å². The van der Waals surface area contributed by atoms with Crippen LogP contribution in [-0.2, 0) is 17.8 Å². The Balaban J connectivity index is 2.17. The first-order valence-corrected chi connectivity index (χ1v) is 5.49. The van der Waals surface area contributed by atoms with Gasteiger partial charge in [0.05, 0.1) is 5.54 Å². The predicted octanol–water partition coefficient (Wildman–Crippen LogP) is 0.704. The number of amides is 1. The maximum atomic E-state index is 12.0. The molecule has 2 heterocycles. The fraction of sp³-hybridized carbons (Fsp3) is 0.500. The summed E-state index contributed by atoms with van der Waals surface area (Å²) in [6.07, 6.45) is 2.61. The van der Waals surface area contributed by atoms with Crippen molar-refractivity contribution in [2.75, 3.05) is 6.54 Å². The van der Waals surface area contributed by atoms with E-state index in [0.717, 1.165) is 17.7 Å². The highest BCUT2D eigenvalue weighted by Crippen LogP contribution is 2.18. The van der Waals surface area contributed by atoms with Crippen LogP contribution in [0.25, 0.3) is 0 Å². The largest absolute Gasteiger partial charge is 0.336 e. The van der Waals surface area contributed by atoms with Crippen LogP contribution in [-0.4, -0.2) is 27.9 Å². The number of pyridine rings is 1. The molecule has 4 nitrogen and oxygen atoms in total. The lowest BCUT2D eigenvalue weighted by Gasteiger charge is -2.32. The molecule has 0 radical (unpaired) electrons. The third-order valence-electron chi connectivity index (χ3n) is 2.80. The van der Waals surface area contributed by atoms with E-state index in [2.05, 4.69) is 4.98 Å². The van der Waals surface area contributed by atoms with Crippen molar-refractivity contribution in [2.24, 2.45) is 5.73 Å². The smallest absolute Gasteiger partial charge is 0.242 e. The van der Waals surface area contributed by atoms with Crippen LogP contribution in [0.1, 0.15) is 25.1 Å². The Morgan fingerprint density at radius 1 is 1.56 bits per heavy atom. The van der Waals surface area contributed by atoms with Crippen molar-refractivity contribution in [3.63, 3.8) is 0 Å². The number of fused-ring (bicyclic) bond motifs is 1. The molecule has 1 aromatic heterocycles. The van der Waals surface area contributed by atoms with Crippen LogP contribution in [0.3, 0.4) is 0 Å². The van der Waals surface area contributed by atoms with Gasteiger partial charge in [-0.1, -0.05) is 6.07 Å². The highest BCUT2D eigenvalue weighted by Gasteiger charge is 2.30. The Labute approximate surface area is 95.5 Å². The van der Waals surface area contributed by atoms with Gasteiger partial charge in [-0.2, -0.15) is 0 Å². The van der Waals surface area contributed by atoms with Gasteiger partial charge in [0, 0.05) is 31.4 Å². The summed E-state index contributed by atoms with van der Waals surface area (Å²) in [6.45, 7) is 4.83. The van der Waals surface area contributed by atoms with E-state index < -0.39 is 5.54 Å². The van der Waals surface area contributed by atoms with Crippen LogP contribution >= 0.6 is 0 Å². The number of hydrogen-bond acceptors (Lipinski definition) is 3. The lowest BCUT2D eigenvalue weighted by Crippen LogP contribution is -2.52. The first-order valence-electron chi connectivity index (χ1n) is 5.49. The fourth-order valence-electron chi connectivity index (χ4n) is 1.95. The monoisotopic (exact) mass is 219 g/mol. The molecule has 4 heteroatoms. The van der Waals surface area contributed by atoms with E-state index in [1.54, 1.807) is 20.0 Å². The summed E-state index contributed by atoms with van der Waals surface area (Å²) in [5, 5.41) is 0. The van der Waals surface area contributed by atoms with Gasteiger partial charge in [-0.3, -0.25) is 9.78 Å². The number of carbonyl (C=O) groups excluding carboxylic acids is 1. The van der Waals surface area contributed by atoms with Crippen LogP contribution in [0.4, 0.5) is 0 Å².